The summed E-state index contributed by atoms with van der Waals surface area (Å²) in [6.07, 6.45) is 2.02. The minimum Gasteiger partial charge on any atom is -0.492 e. The molecule has 1 aromatic carbocycles. The second-order valence-electron chi connectivity index (χ2n) is 3.90. The molecular weight excluding hydrogens is 247 g/mol. The van der Waals surface area contributed by atoms with Crippen LogP contribution < -0.4 is 10.5 Å². The number of rotatable bonds is 3. The standard InChI is InChI=1S/C11H11ClN2O.ClH/c12-10-5-9(2-1-8(10)6-13)15-7-11(14)3-4-11;/h1-2,5H,3-4,7,14H2;1H. The van der Waals surface area contributed by atoms with E-state index < -0.39 is 0 Å². The third kappa shape index (κ3) is 3.02. The van der Waals surface area contributed by atoms with Crippen LogP contribution >= 0.6 is 24.0 Å². The Morgan fingerprint density at radius 2 is 2.19 bits per heavy atom. The Morgan fingerprint density at radius 1 is 1.50 bits per heavy atom. The summed E-state index contributed by atoms with van der Waals surface area (Å²) in [6, 6.07) is 7.02. The minimum absolute atomic E-state index is 0. The van der Waals surface area contributed by atoms with Gasteiger partial charge in [-0.2, -0.15) is 5.26 Å². The summed E-state index contributed by atoms with van der Waals surface area (Å²) >= 11 is 5.86. The van der Waals surface area contributed by atoms with Crippen molar-refractivity contribution in [3.8, 4) is 11.8 Å². The predicted molar refractivity (Wildman–Crippen MR) is 65.1 cm³/mol. The van der Waals surface area contributed by atoms with Gasteiger partial charge in [-0.25, -0.2) is 0 Å². The van der Waals surface area contributed by atoms with E-state index in [4.69, 9.17) is 27.3 Å². The van der Waals surface area contributed by atoms with E-state index in [1.165, 1.54) is 0 Å². The van der Waals surface area contributed by atoms with Gasteiger partial charge in [0.1, 0.15) is 18.4 Å². The molecule has 0 aromatic heterocycles. The molecule has 1 aromatic rings. The lowest BCUT2D eigenvalue weighted by Crippen LogP contribution is -2.29. The minimum atomic E-state index is -0.139. The maximum absolute atomic E-state index is 8.68. The van der Waals surface area contributed by atoms with Crippen LogP contribution in [0.2, 0.25) is 5.02 Å². The fourth-order valence-corrected chi connectivity index (χ4v) is 1.42. The highest BCUT2D eigenvalue weighted by atomic mass is 35.5. The number of hydrogen-bond acceptors (Lipinski definition) is 3. The quantitative estimate of drug-likeness (QED) is 0.907. The largest absolute Gasteiger partial charge is 0.492 e. The van der Waals surface area contributed by atoms with Gasteiger partial charge in [-0.1, -0.05) is 11.6 Å². The molecule has 0 aliphatic heterocycles. The van der Waals surface area contributed by atoms with Gasteiger partial charge in [0.05, 0.1) is 16.1 Å². The molecule has 0 atom stereocenters. The fourth-order valence-electron chi connectivity index (χ4n) is 1.21. The van der Waals surface area contributed by atoms with Gasteiger partial charge in [0, 0.05) is 6.07 Å². The van der Waals surface area contributed by atoms with Crippen LogP contribution in [0.5, 0.6) is 5.75 Å². The van der Waals surface area contributed by atoms with E-state index in [0.29, 0.717) is 22.9 Å². The SMILES string of the molecule is Cl.N#Cc1ccc(OCC2(N)CC2)cc1Cl. The molecule has 0 spiro atoms. The van der Waals surface area contributed by atoms with Crippen molar-refractivity contribution in [2.45, 2.75) is 18.4 Å². The number of nitrogens with zero attached hydrogens (tertiary/aromatic N) is 1. The maximum atomic E-state index is 8.68. The van der Waals surface area contributed by atoms with Crippen molar-refractivity contribution in [1.29, 1.82) is 5.26 Å². The summed E-state index contributed by atoms with van der Waals surface area (Å²) < 4.78 is 5.49. The highest BCUT2D eigenvalue weighted by Gasteiger charge is 2.39. The molecule has 3 nitrogen and oxygen atoms in total. The van der Waals surface area contributed by atoms with Crippen LogP contribution in [0.1, 0.15) is 18.4 Å². The summed E-state index contributed by atoms with van der Waals surface area (Å²) in [5.74, 6) is 0.663. The molecule has 86 valence electrons. The monoisotopic (exact) mass is 258 g/mol. The average Bonchev–Trinajstić information content (AvgIpc) is 2.95. The molecule has 0 saturated heterocycles. The third-order valence-corrected chi connectivity index (χ3v) is 2.79. The van der Waals surface area contributed by atoms with Crippen LogP contribution in [0.25, 0.3) is 0 Å². The van der Waals surface area contributed by atoms with Crippen molar-refractivity contribution in [1.82, 2.24) is 0 Å². The van der Waals surface area contributed by atoms with E-state index in [9.17, 15) is 0 Å². The number of ether oxygens (including phenoxy) is 1. The molecule has 0 amide bonds. The number of hydrogen-bond donors (Lipinski definition) is 1. The molecule has 1 fully saturated rings. The lowest BCUT2D eigenvalue weighted by molar-refractivity contribution is 0.279. The highest BCUT2D eigenvalue weighted by molar-refractivity contribution is 6.31. The van der Waals surface area contributed by atoms with Gasteiger partial charge in [0.25, 0.3) is 0 Å². The first-order valence-electron chi connectivity index (χ1n) is 4.74. The van der Waals surface area contributed by atoms with Crippen LogP contribution in [-0.2, 0) is 0 Å². The molecule has 16 heavy (non-hydrogen) atoms. The molecule has 0 radical (unpaired) electrons. The van der Waals surface area contributed by atoms with Gasteiger partial charge < -0.3 is 10.5 Å². The summed E-state index contributed by atoms with van der Waals surface area (Å²) in [7, 11) is 0. The van der Waals surface area contributed by atoms with Crippen LogP contribution in [0, 0.1) is 11.3 Å². The number of nitrogens with two attached hydrogens (primary N) is 1. The first kappa shape index (κ1) is 13.1. The van der Waals surface area contributed by atoms with Crippen molar-refractivity contribution in [3.05, 3.63) is 28.8 Å². The van der Waals surface area contributed by atoms with Crippen LogP contribution in [-0.4, -0.2) is 12.1 Å². The van der Waals surface area contributed by atoms with E-state index in [0.717, 1.165) is 12.8 Å². The summed E-state index contributed by atoms with van der Waals surface area (Å²) in [4.78, 5) is 0. The number of nitriles is 1. The first-order valence-corrected chi connectivity index (χ1v) is 5.12. The molecule has 5 heteroatoms. The molecular formula is C11H12Cl2N2O. The molecule has 2 rings (SSSR count). The lowest BCUT2D eigenvalue weighted by Gasteiger charge is -2.11. The van der Waals surface area contributed by atoms with Gasteiger partial charge in [-0.05, 0) is 25.0 Å². The van der Waals surface area contributed by atoms with Gasteiger partial charge in [-0.15, -0.1) is 12.4 Å². The lowest BCUT2D eigenvalue weighted by atomic mass is 10.2. The zero-order valence-electron chi connectivity index (χ0n) is 8.57. The van der Waals surface area contributed by atoms with Gasteiger partial charge >= 0.3 is 0 Å². The Morgan fingerprint density at radius 3 is 2.69 bits per heavy atom. The maximum Gasteiger partial charge on any atom is 0.120 e. The molecule has 1 aliphatic rings. The Balaban J connectivity index is 0.00000128. The zero-order chi connectivity index (χ0) is 10.9. The van der Waals surface area contributed by atoms with Gasteiger partial charge in [0.2, 0.25) is 0 Å². The first-order chi connectivity index (χ1) is 7.13. The molecule has 2 N–H and O–H groups in total. The summed E-state index contributed by atoms with van der Waals surface area (Å²) in [5, 5.41) is 9.10. The van der Waals surface area contributed by atoms with Gasteiger partial charge in [-0.3, -0.25) is 0 Å². The van der Waals surface area contributed by atoms with E-state index in [1.54, 1.807) is 18.2 Å². The van der Waals surface area contributed by atoms with Crippen molar-refractivity contribution in [2.75, 3.05) is 6.61 Å². The topological polar surface area (TPSA) is 59.0 Å². The highest BCUT2D eigenvalue weighted by Crippen LogP contribution is 2.33. The Bertz CT molecular complexity index is 424. The van der Waals surface area contributed by atoms with E-state index >= 15 is 0 Å². The molecule has 0 heterocycles. The van der Waals surface area contributed by atoms with Crippen LogP contribution in [0.15, 0.2) is 18.2 Å². The molecule has 1 saturated carbocycles. The third-order valence-electron chi connectivity index (χ3n) is 2.48. The van der Waals surface area contributed by atoms with Gasteiger partial charge in [0.15, 0.2) is 0 Å². The summed E-state index contributed by atoms with van der Waals surface area (Å²) in [5.41, 5.74) is 6.20. The normalized spacial score (nSPS) is 15.8. The smallest absolute Gasteiger partial charge is 0.120 e. The van der Waals surface area contributed by atoms with Crippen molar-refractivity contribution >= 4 is 24.0 Å². The second kappa shape index (κ2) is 4.92. The summed E-state index contributed by atoms with van der Waals surface area (Å²) in [6.45, 7) is 0.509. The van der Waals surface area contributed by atoms with E-state index in [1.807, 2.05) is 6.07 Å². The van der Waals surface area contributed by atoms with Crippen molar-refractivity contribution in [2.24, 2.45) is 5.73 Å². The Kier molecular flexibility index (Phi) is 4.03. The van der Waals surface area contributed by atoms with E-state index in [2.05, 4.69) is 0 Å². The molecule has 1 aliphatic carbocycles. The van der Waals surface area contributed by atoms with Crippen LogP contribution in [0.4, 0.5) is 0 Å². The Hall–Kier alpha value is -0.950. The van der Waals surface area contributed by atoms with Crippen molar-refractivity contribution < 1.29 is 4.74 Å². The van der Waals surface area contributed by atoms with Crippen molar-refractivity contribution in [3.63, 3.8) is 0 Å². The molecule has 0 bridgehead atoms. The Labute approximate surface area is 106 Å². The number of benzene rings is 1. The predicted octanol–water partition coefficient (Wildman–Crippen LogP) is 2.50. The van der Waals surface area contributed by atoms with E-state index in [-0.39, 0.29) is 17.9 Å². The second-order valence-corrected chi connectivity index (χ2v) is 4.31. The zero-order valence-corrected chi connectivity index (χ0v) is 10.1. The fraction of sp³-hybridized carbons (Fsp3) is 0.364. The average molecular weight is 259 g/mol. The number of halogens is 2. The van der Waals surface area contributed by atoms with Crippen LogP contribution in [0.3, 0.4) is 0 Å². The molecule has 0 unspecified atom stereocenters.